The minimum Gasteiger partial charge on any atom is -0.497 e. The van der Waals surface area contributed by atoms with Crippen LogP contribution in [0.4, 0.5) is 5.69 Å². The molecule has 0 heterocycles. The molecule has 0 aliphatic rings. The molecular weight excluding hydrogens is 452 g/mol. The summed E-state index contributed by atoms with van der Waals surface area (Å²) in [6.07, 6.45) is 1.27. The molecule has 0 unspecified atom stereocenters. The Morgan fingerprint density at radius 1 is 0.971 bits per heavy atom. The second-order valence-electron chi connectivity index (χ2n) is 7.68. The van der Waals surface area contributed by atoms with Crippen molar-refractivity contribution in [2.45, 2.75) is 25.7 Å². The van der Waals surface area contributed by atoms with Gasteiger partial charge in [-0.25, -0.2) is 0 Å². The van der Waals surface area contributed by atoms with Crippen molar-refractivity contribution >= 4 is 27.8 Å². The third kappa shape index (κ3) is 5.82. The van der Waals surface area contributed by atoms with Crippen LogP contribution in [0.1, 0.15) is 22.3 Å². The van der Waals surface area contributed by atoms with Crippen LogP contribution in [0.25, 0.3) is 6.08 Å². The van der Waals surface area contributed by atoms with Crippen molar-refractivity contribution in [3.05, 3.63) is 88.5 Å². The summed E-state index contributed by atoms with van der Waals surface area (Å²) in [5, 5.41) is 12.3. The molecule has 0 saturated carbocycles. The second kappa shape index (κ2) is 10.2. The zero-order valence-electron chi connectivity index (χ0n) is 19.2. The zero-order chi connectivity index (χ0) is 24.9. The third-order valence-corrected chi connectivity index (χ3v) is 6.41. The molecule has 34 heavy (non-hydrogen) atoms. The molecule has 0 aliphatic carbocycles. The number of ether oxygens (including phenoxy) is 1. The summed E-state index contributed by atoms with van der Waals surface area (Å²) in [5.74, 6) is -0.357. The number of amides is 1. The normalized spacial score (nSPS) is 11.4. The maximum Gasteiger partial charge on any atom is 0.339 e. The number of carbonyl (C=O) groups is 1. The Balaban J connectivity index is 1.96. The van der Waals surface area contributed by atoms with E-state index < -0.39 is 16.0 Å². The number of carbonyl (C=O) groups excluding carboxylic acids is 1. The largest absolute Gasteiger partial charge is 0.497 e. The quantitative estimate of drug-likeness (QED) is 0.294. The van der Waals surface area contributed by atoms with Crippen LogP contribution in [0.5, 0.6) is 11.5 Å². The Hall–Kier alpha value is -4.09. The number of hydrogen-bond donors (Lipinski definition) is 1. The first-order valence-electron chi connectivity index (χ1n) is 10.3. The fourth-order valence-electron chi connectivity index (χ4n) is 3.03. The summed E-state index contributed by atoms with van der Waals surface area (Å²) in [6, 6.07) is 18.0. The molecule has 3 aromatic rings. The first-order chi connectivity index (χ1) is 16.1. The van der Waals surface area contributed by atoms with E-state index in [1.807, 2.05) is 32.9 Å². The summed E-state index contributed by atoms with van der Waals surface area (Å²) < 4.78 is 36.2. The maximum atomic E-state index is 12.8. The highest BCUT2D eigenvalue weighted by Gasteiger charge is 2.20. The van der Waals surface area contributed by atoms with E-state index in [4.69, 9.17) is 8.92 Å². The molecule has 7 nitrogen and oxygen atoms in total. The van der Waals surface area contributed by atoms with Crippen LogP contribution in [0.15, 0.2) is 71.1 Å². The van der Waals surface area contributed by atoms with Crippen molar-refractivity contribution in [2.24, 2.45) is 0 Å². The smallest absolute Gasteiger partial charge is 0.339 e. The van der Waals surface area contributed by atoms with Gasteiger partial charge >= 0.3 is 10.1 Å². The van der Waals surface area contributed by atoms with Gasteiger partial charge in [-0.1, -0.05) is 23.8 Å². The summed E-state index contributed by atoms with van der Waals surface area (Å²) in [7, 11) is -2.73. The third-order valence-electron chi connectivity index (χ3n) is 5.16. The van der Waals surface area contributed by atoms with E-state index in [1.54, 1.807) is 30.3 Å². The van der Waals surface area contributed by atoms with Crippen LogP contribution in [0.2, 0.25) is 0 Å². The van der Waals surface area contributed by atoms with Crippen molar-refractivity contribution in [3.8, 4) is 17.6 Å². The fraction of sp³-hybridized carbons (Fsp3) is 0.154. The van der Waals surface area contributed by atoms with Gasteiger partial charge in [0.1, 0.15) is 22.3 Å². The average Bonchev–Trinajstić information content (AvgIpc) is 2.80. The van der Waals surface area contributed by atoms with Crippen LogP contribution in [-0.2, 0) is 14.9 Å². The topological polar surface area (TPSA) is 105 Å². The molecule has 0 bridgehead atoms. The number of hydrogen-bond acceptors (Lipinski definition) is 6. The molecule has 0 aliphatic heterocycles. The predicted octanol–water partition coefficient (Wildman–Crippen LogP) is 4.93. The van der Waals surface area contributed by atoms with Crippen molar-refractivity contribution in [2.75, 3.05) is 12.4 Å². The van der Waals surface area contributed by atoms with Crippen molar-refractivity contribution in [1.82, 2.24) is 0 Å². The molecule has 0 saturated heterocycles. The van der Waals surface area contributed by atoms with E-state index in [1.165, 1.54) is 37.5 Å². The van der Waals surface area contributed by atoms with Gasteiger partial charge < -0.3 is 14.2 Å². The minimum atomic E-state index is -4.17. The number of benzene rings is 3. The molecular formula is C26H24N2O5S. The molecule has 0 aromatic heterocycles. The van der Waals surface area contributed by atoms with Gasteiger partial charge in [0.05, 0.1) is 7.11 Å². The summed E-state index contributed by atoms with van der Waals surface area (Å²) >= 11 is 0. The predicted molar refractivity (Wildman–Crippen MR) is 130 cm³/mol. The maximum absolute atomic E-state index is 12.8. The lowest BCUT2D eigenvalue weighted by molar-refractivity contribution is -0.112. The molecule has 3 rings (SSSR count). The molecule has 0 atom stereocenters. The van der Waals surface area contributed by atoms with E-state index >= 15 is 0 Å². The van der Waals surface area contributed by atoms with E-state index in [2.05, 4.69) is 5.32 Å². The summed E-state index contributed by atoms with van der Waals surface area (Å²) in [4.78, 5) is 12.7. The summed E-state index contributed by atoms with van der Waals surface area (Å²) in [5.41, 5.74) is 3.51. The van der Waals surface area contributed by atoms with Crippen LogP contribution in [-0.4, -0.2) is 21.4 Å². The number of aryl methyl sites for hydroxylation is 3. The molecule has 8 heteroatoms. The fourth-order valence-corrected chi connectivity index (χ4v) is 3.97. The van der Waals surface area contributed by atoms with Crippen LogP contribution in [0, 0.1) is 32.1 Å². The van der Waals surface area contributed by atoms with Gasteiger partial charge in [0.15, 0.2) is 5.75 Å². The van der Waals surface area contributed by atoms with E-state index in [0.29, 0.717) is 11.4 Å². The van der Waals surface area contributed by atoms with Gasteiger partial charge in [-0.05, 0) is 74.4 Å². The first kappa shape index (κ1) is 24.6. The second-order valence-corrected chi connectivity index (χ2v) is 9.22. The van der Waals surface area contributed by atoms with Crippen molar-refractivity contribution in [1.29, 1.82) is 5.26 Å². The number of nitriles is 1. The van der Waals surface area contributed by atoms with Gasteiger partial charge in [0, 0.05) is 17.3 Å². The summed E-state index contributed by atoms with van der Waals surface area (Å²) in [6.45, 7) is 5.72. The molecule has 174 valence electrons. The van der Waals surface area contributed by atoms with Gasteiger partial charge in [-0.2, -0.15) is 13.7 Å². The van der Waals surface area contributed by atoms with E-state index in [-0.39, 0.29) is 21.8 Å². The highest BCUT2D eigenvalue weighted by molar-refractivity contribution is 7.87. The van der Waals surface area contributed by atoms with Gasteiger partial charge in [0.25, 0.3) is 5.91 Å². The molecule has 1 N–H and O–H groups in total. The van der Waals surface area contributed by atoms with Gasteiger partial charge in [-0.15, -0.1) is 0 Å². The Kier molecular flexibility index (Phi) is 7.39. The first-order valence-corrected chi connectivity index (χ1v) is 11.7. The van der Waals surface area contributed by atoms with Crippen molar-refractivity contribution in [3.63, 3.8) is 0 Å². The molecule has 1 amide bonds. The highest BCUT2D eigenvalue weighted by Crippen LogP contribution is 2.30. The van der Waals surface area contributed by atoms with E-state index in [0.717, 1.165) is 16.7 Å². The number of methoxy groups -OCH3 is 1. The number of rotatable bonds is 7. The molecule has 0 radical (unpaired) electrons. The minimum absolute atomic E-state index is 0.0242. The lowest BCUT2D eigenvalue weighted by atomic mass is 10.1. The SMILES string of the molecule is COc1ccc(/C=C(\C#N)C(=O)Nc2ccc(C)c(C)c2)c(OS(=O)(=O)c2ccc(C)cc2)c1. The Morgan fingerprint density at radius 3 is 2.29 bits per heavy atom. The van der Waals surface area contributed by atoms with E-state index in [9.17, 15) is 18.5 Å². The zero-order valence-corrected chi connectivity index (χ0v) is 20.1. The number of nitrogens with zero attached hydrogens (tertiary/aromatic N) is 1. The lowest BCUT2D eigenvalue weighted by Crippen LogP contribution is -2.14. The standard InChI is InChI=1S/C26H24N2O5S/c1-17-5-11-24(12-6-17)34(30,31)33-25-15-23(32-4)10-8-20(25)14-21(16-27)26(29)28-22-9-7-18(2)19(3)13-22/h5-15H,1-4H3,(H,28,29)/b21-14+. The van der Waals surface area contributed by atoms with Gasteiger partial charge in [-0.3, -0.25) is 4.79 Å². The highest BCUT2D eigenvalue weighted by atomic mass is 32.2. The monoisotopic (exact) mass is 476 g/mol. The van der Waals surface area contributed by atoms with Crippen LogP contribution >= 0.6 is 0 Å². The number of nitrogens with one attached hydrogen (secondary N) is 1. The molecule has 0 fully saturated rings. The van der Waals surface area contributed by atoms with Crippen molar-refractivity contribution < 1.29 is 22.1 Å². The molecule has 3 aromatic carbocycles. The average molecular weight is 477 g/mol. The number of anilines is 1. The Bertz CT molecular complexity index is 1400. The molecule has 0 spiro atoms. The van der Waals surface area contributed by atoms with Crippen LogP contribution < -0.4 is 14.2 Å². The Labute approximate surface area is 199 Å². The Morgan fingerprint density at radius 2 is 1.68 bits per heavy atom. The van der Waals surface area contributed by atoms with Gasteiger partial charge in [0.2, 0.25) is 0 Å². The lowest BCUT2D eigenvalue weighted by Gasteiger charge is -2.12. The van der Waals surface area contributed by atoms with Crippen LogP contribution in [0.3, 0.4) is 0 Å².